The highest BCUT2D eigenvalue weighted by Gasteiger charge is 2.79. The predicted octanol–water partition coefficient (Wildman–Crippen LogP) is 3.47. The second kappa shape index (κ2) is 6.42. The fraction of sp³-hybridized carbons (Fsp3) is 0.800. The summed E-state index contributed by atoms with van der Waals surface area (Å²) in [6.07, 6.45) is 12.0. The Labute approximate surface area is 184 Å². The highest BCUT2D eigenvalue weighted by Crippen LogP contribution is 2.72. The molecule has 0 aromatic carbocycles. The molecule has 0 spiro atoms. The van der Waals surface area contributed by atoms with Crippen LogP contribution in [-0.4, -0.2) is 38.0 Å². The van der Waals surface area contributed by atoms with Gasteiger partial charge in [-0.05, 0) is 87.9 Å². The number of nitriles is 1. The van der Waals surface area contributed by atoms with Gasteiger partial charge in [-0.25, -0.2) is 0 Å². The smallest absolute Gasteiger partial charge is 0.189 e. The van der Waals surface area contributed by atoms with Crippen LogP contribution in [0, 0.1) is 46.3 Å². The highest BCUT2D eigenvalue weighted by molar-refractivity contribution is 5.92. The van der Waals surface area contributed by atoms with E-state index in [1.165, 1.54) is 25.5 Å². The van der Waals surface area contributed by atoms with Crippen LogP contribution in [0.4, 0.5) is 0 Å². The van der Waals surface area contributed by atoms with E-state index in [1.807, 2.05) is 6.92 Å². The number of hydrogen-bond acceptors (Lipinski definition) is 5. The maximum absolute atomic E-state index is 13.5. The van der Waals surface area contributed by atoms with E-state index >= 15 is 0 Å². The molecular formula is C25H33N3O3. The molecule has 0 radical (unpaired) electrons. The normalized spacial score (nSPS) is 49.9. The van der Waals surface area contributed by atoms with Gasteiger partial charge in [-0.3, -0.25) is 9.48 Å². The third-order valence-corrected chi connectivity index (χ3v) is 10.1. The number of carbonyl (C=O) groups is 1. The van der Waals surface area contributed by atoms with Crippen LogP contribution in [0.25, 0.3) is 0 Å². The number of aliphatic hydroxyl groups is 1. The predicted molar refractivity (Wildman–Crippen MR) is 113 cm³/mol. The fourth-order valence-corrected chi connectivity index (χ4v) is 8.77. The Morgan fingerprint density at radius 1 is 1.26 bits per heavy atom. The molecule has 1 aliphatic heterocycles. The largest absolute Gasteiger partial charge is 0.390 e. The lowest BCUT2D eigenvalue weighted by Crippen LogP contribution is -2.54. The average molecular weight is 424 g/mol. The van der Waals surface area contributed by atoms with Crippen molar-refractivity contribution in [2.75, 3.05) is 0 Å². The zero-order chi connectivity index (χ0) is 21.6. The van der Waals surface area contributed by atoms with Crippen LogP contribution in [0.3, 0.4) is 0 Å². The van der Waals surface area contributed by atoms with Crippen LogP contribution in [0.1, 0.15) is 70.8 Å². The van der Waals surface area contributed by atoms with E-state index in [2.05, 4.69) is 18.1 Å². The monoisotopic (exact) mass is 423 g/mol. The summed E-state index contributed by atoms with van der Waals surface area (Å²) in [7, 11) is 0. The van der Waals surface area contributed by atoms with Crippen molar-refractivity contribution in [1.29, 1.82) is 5.26 Å². The first-order chi connectivity index (χ1) is 14.8. The molecule has 6 heteroatoms. The van der Waals surface area contributed by atoms with Gasteiger partial charge in [-0.15, -0.1) is 0 Å². The number of aromatic nitrogens is 2. The molecule has 1 aromatic rings. The Hall–Kier alpha value is -1.71. The molecule has 0 bridgehead atoms. The summed E-state index contributed by atoms with van der Waals surface area (Å²) in [6.45, 7) is 4.53. The Kier molecular flexibility index (Phi) is 4.13. The fourth-order valence-electron chi connectivity index (χ4n) is 8.77. The van der Waals surface area contributed by atoms with Crippen LogP contribution < -0.4 is 0 Å². The number of hydrogen-bond donors (Lipinski definition) is 1. The lowest BCUT2D eigenvalue weighted by atomic mass is 9.48. The maximum atomic E-state index is 13.5. The van der Waals surface area contributed by atoms with Crippen LogP contribution in [0.5, 0.6) is 0 Å². The Bertz CT molecular complexity index is 963. The van der Waals surface area contributed by atoms with Crippen molar-refractivity contribution in [3.05, 3.63) is 18.0 Å². The Balaban J connectivity index is 1.23. The van der Waals surface area contributed by atoms with Crippen LogP contribution in [0.2, 0.25) is 0 Å². The van der Waals surface area contributed by atoms with Gasteiger partial charge < -0.3 is 9.84 Å². The number of epoxide rings is 1. The van der Waals surface area contributed by atoms with Gasteiger partial charge in [-0.2, -0.15) is 10.4 Å². The zero-order valence-corrected chi connectivity index (χ0v) is 18.6. The number of ketones is 1. The van der Waals surface area contributed by atoms with Gasteiger partial charge in [0.05, 0.1) is 23.5 Å². The molecule has 166 valence electrons. The summed E-state index contributed by atoms with van der Waals surface area (Å²) in [6, 6.07) is 2.08. The van der Waals surface area contributed by atoms with Gasteiger partial charge >= 0.3 is 0 Å². The first kappa shape index (κ1) is 19.9. The van der Waals surface area contributed by atoms with E-state index < -0.39 is 11.2 Å². The molecule has 1 N–H and O–H groups in total. The van der Waals surface area contributed by atoms with Crippen molar-refractivity contribution < 1.29 is 14.6 Å². The van der Waals surface area contributed by atoms with Gasteiger partial charge in [-0.1, -0.05) is 6.92 Å². The van der Waals surface area contributed by atoms with E-state index in [-0.39, 0.29) is 23.8 Å². The molecule has 6 rings (SSSR count). The van der Waals surface area contributed by atoms with Crippen molar-refractivity contribution in [3.8, 4) is 6.07 Å². The molecule has 4 saturated carbocycles. The highest BCUT2D eigenvalue weighted by atomic mass is 16.6. The molecule has 0 unspecified atom stereocenters. The number of fused-ring (bicyclic) bond motifs is 7. The first-order valence-corrected chi connectivity index (χ1v) is 12.1. The molecule has 5 fully saturated rings. The van der Waals surface area contributed by atoms with Crippen molar-refractivity contribution >= 4 is 5.78 Å². The summed E-state index contributed by atoms with van der Waals surface area (Å²) in [5, 5.41) is 23.8. The standard InChI is InChI=1S/C25H33N3O3/c1-23(30)7-5-17-16(10-23)3-4-19-18(17)6-8-24(2)20(19)9-22-25(24,31-22)21(29)14-28-13-15(11-26)12-27-28/h12-13,16-20,22,30H,3-10,14H2,1-2H3/t16-,17+,18-,19-,20+,22-,23-,24+,25-/m1/s1. The molecule has 6 nitrogen and oxygen atoms in total. The quantitative estimate of drug-likeness (QED) is 0.752. The Morgan fingerprint density at radius 3 is 2.84 bits per heavy atom. The third kappa shape index (κ3) is 2.69. The second-order valence-corrected chi connectivity index (χ2v) is 11.7. The van der Waals surface area contributed by atoms with Gasteiger partial charge in [0, 0.05) is 11.6 Å². The summed E-state index contributed by atoms with van der Waals surface area (Å²) in [4.78, 5) is 13.5. The molecule has 1 saturated heterocycles. The molecule has 9 atom stereocenters. The van der Waals surface area contributed by atoms with Gasteiger partial charge in [0.25, 0.3) is 0 Å². The molecule has 2 heterocycles. The zero-order valence-electron chi connectivity index (χ0n) is 18.6. The minimum atomic E-state index is -0.644. The third-order valence-electron chi connectivity index (χ3n) is 10.1. The molecule has 4 aliphatic carbocycles. The summed E-state index contributed by atoms with van der Waals surface area (Å²) in [5.74, 6) is 3.56. The molecular weight excluding hydrogens is 390 g/mol. The minimum Gasteiger partial charge on any atom is -0.390 e. The van der Waals surface area contributed by atoms with Gasteiger partial charge in [0.15, 0.2) is 11.4 Å². The number of ether oxygens (including phenoxy) is 1. The lowest BCUT2D eigenvalue weighted by molar-refractivity contribution is -0.143. The second-order valence-electron chi connectivity index (χ2n) is 11.7. The number of rotatable bonds is 3. The average Bonchev–Trinajstić information content (AvgIpc) is 3.20. The summed E-state index contributed by atoms with van der Waals surface area (Å²) < 4.78 is 7.80. The van der Waals surface area contributed by atoms with Crippen molar-refractivity contribution in [1.82, 2.24) is 9.78 Å². The van der Waals surface area contributed by atoms with E-state index in [9.17, 15) is 9.90 Å². The number of nitrogens with zero attached hydrogens (tertiary/aromatic N) is 3. The lowest BCUT2D eigenvalue weighted by Gasteiger charge is -2.57. The summed E-state index contributed by atoms with van der Waals surface area (Å²) in [5.41, 5.74) is -0.727. The molecule has 5 aliphatic rings. The van der Waals surface area contributed by atoms with Gasteiger partial charge in [0.2, 0.25) is 0 Å². The van der Waals surface area contributed by atoms with E-state index in [1.54, 1.807) is 10.9 Å². The topological polar surface area (TPSA) is 91.4 Å². The molecule has 0 amide bonds. The minimum absolute atomic E-state index is 0.0598. The number of carbonyl (C=O) groups excluding carboxylic acids is 1. The van der Waals surface area contributed by atoms with Crippen molar-refractivity contribution in [3.63, 3.8) is 0 Å². The van der Waals surface area contributed by atoms with E-state index in [4.69, 9.17) is 10.00 Å². The van der Waals surface area contributed by atoms with Crippen LogP contribution >= 0.6 is 0 Å². The van der Waals surface area contributed by atoms with Crippen LogP contribution in [-0.2, 0) is 16.1 Å². The van der Waals surface area contributed by atoms with E-state index in [0.29, 0.717) is 23.3 Å². The van der Waals surface area contributed by atoms with Crippen molar-refractivity contribution in [2.24, 2.45) is 35.0 Å². The first-order valence-electron chi connectivity index (χ1n) is 12.1. The number of Topliss-reactive ketones (excluding diaryl/α,β-unsaturated/α-hetero) is 1. The molecule has 1 aromatic heterocycles. The molecule has 31 heavy (non-hydrogen) atoms. The van der Waals surface area contributed by atoms with Crippen LogP contribution in [0.15, 0.2) is 12.4 Å². The van der Waals surface area contributed by atoms with E-state index in [0.717, 1.165) is 43.9 Å². The van der Waals surface area contributed by atoms with Crippen molar-refractivity contribution in [2.45, 2.75) is 89.1 Å². The summed E-state index contributed by atoms with van der Waals surface area (Å²) >= 11 is 0. The Morgan fingerprint density at radius 2 is 2.06 bits per heavy atom. The van der Waals surface area contributed by atoms with Gasteiger partial charge in [0.1, 0.15) is 12.6 Å². The SMILES string of the molecule is C[C@@]1(O)CC[C@H]2[C@H](CC[C@@H]3[C@@H]2CC[C@@]2(C)[C@H]3C[C@H]3O[C@]32C(=O)Cn2cc(C#N)cn2)C1. The maximum Gasteiger partial charge on any atom is 0.189 e.